The summed E-state index contributed by atoms with van der Waals surface area (Å²) in [6.45, 7) is 0.555. The molecule has 6 nitrogen and oxygen atoms in total. The number of carbonyl (C=O) groups is 1. The van der Waals surface area contributed by atoms with Crippen molar-refractivity contribution >= 4 is 44.7 Å². The van der Waals surface area contributed by atoms with Gasteiger partial charge in [0.05, 0.1) is 21.2 Å². The highest BCUT2D eigenvalue weighted by Gasteiger charge is 2.35. The van der Waals surface area contributed by atoms with Crippen molar-refractivity contribution in [1.82, 2.24) is 9.88 Å². The molecule has 0 spiro atoms. The summed E-state index contributed by atoms with van der Waals surface area (Å²) in [5, 5.41) is 12.4. The molecule has 8 heteroatoms. The third-order valence-electron chi connectivity index (χ3n) is 4.50. The molecule has 0 aliphatic carbocycles. The lowest BCUT2D eigenvalue weighted by molar-refractivity contribution is -0.385. The van der Waals surface area contributed by atoms with E-state index in [1.807, 2.05) is 24.3 Å². The van der Waals surface area contributed by atoms with Crippen molar-refractivity contribution in [2.75, 3.05) is 6.54 Å². The van der Waals surface area contributed by atoms with Gasteiger partial charge in [-0.15, -0.1) is 11.3 Å². The monoisotopic (exact) mass is 387 g/mol. The Kier molecular flexibility index (Phi) is 4.34. The lowest BCUT2D eigenvalue weighted by Gasteiger charge is -2.23. The molecule has 1 aromatic heterocycles. The van der Waals surface area contributed by atoms with Crippen LogP contribution in [0.15, 0.2) is 42.5 Å². The molecule has 0 bridgehead atoms. The molecule has 1 atom stereocenters. The Morgan fingerprint density at radius 3 is 2.88 bits per heavy atom. The van der Waals surface area contributed by atoms with E-state index in [9.17, 15) is 14.9 Å². The molecule has 1 saturated heterocycles. The van der Waals surface area contributed by atoms with Crippen LogP contribution < -0.4 is 0 Å². The van der Waals surface area contributed by atoms with Gasteiger partial charge in [0.15, 0.2) is 0 Å². The second-order valence-corrected chi connectivity index (χ2v) is 7.59. The van der Waals surface area contributed by atoms with Crippen LogP contribution >= 0.6 is 22.9 Å². The van der Waals surface area contributed by atoms with E-state index < -0.39 is 4.92 Å². The van der Waals surface area contributed by atoms with Crippen LogP contribution in [0.3, 0.4) is 0 Å². The molecule has 1 aliphatic heterocycles. The van der Waals surface area contributed by atoms with E-state index in [1.54, 1.807) is 16.2 Å². The van der Waals surface area contributed by atoms with Crippen molar-refractivity contribution in [2.24, 2.45) is 0 Å². The highest BCUT2D eigenvalue weighted by Crippen LogP contribution is 2.38. The average Bonchev–Trinajstić information content (AvgIpc) is 3.27. The summed E-state index contributed by atoms with van der Waals surface area (Å²) in [7, 11) is 0. The van der Waals surface area contributed by atoms with Gasteiger partial charge in [0.2, 0.25) is 0 Å². The van der Waals surface area contributed by atoms with Crippen molar-refractivity contribution in [3.05, 3.63) is 68.2 Å². The Morgan fingerprint density at radius 1 is 1.31 bits per heavy atom. The van der Waals surface area contributed by atoms with Gasteiger partial charge in [0, 0.05) is 17.6 Å². The van der Waals surface area contributed by atoms with Crippen molar-refractivity contribution in [1.29, 1.82) is 0 Å². The number of amides is 1. The van der Waals surface area contributed by atoms with Crippen molar-refractivity contribution in [3.63, 3.8) is 0 Å². The molecule has 132 valence electrons. The maximum Gasteiger partial charge on any atom is 0.283 e. The second-order valence-electron chi connectivity index (χ2n) is 6.09. The van der Waals surface area contributed by atoms with Crippen LogP contribution in [0.1, 0.15) is 34.2 Å². The first-order chi connectivity index (χ1) is 12.5. The molecule has 3 aromatic rings. The number of para-hydroxylation sites is 1. The fraction of sp³-hybridized carbons (Fsp3) is 0.222. The van der Waals surface area contributed by atoms with E-state index in [0.717, 1.165) is 28.1 Å². The van der Waals surface area contributed by atoms with E-state index in [4.69, 9.17) is 11.6 Å². The zero-order valence-corrected chi connectivity index (χ0v) is 15.2. The van der Waals surface area contributed by atoms with Crippen LogP contribution in [0, 0.1) is 10.1 Å². The quantitative estimate of drug-likeness (QED) is 0.476. The number of nitro benzene ring substituents is 1. The smallest absolute Gasteiger partial charge is 0.283 e. The predicted molar refractivity (Wildman–Crippen MR) is 101 cm³/mol. The molecule has 0 N–H and O–H groups in total. The molecule has 0 saturated carbocycles. The summed E-state index contributed by atoms with van der Waals surface area (Å²) in [5.74, 6) is -0.352. The van der Waals surface area contributed by atoms with Crippen molar-refractivity contribution < 1.29 is 9.72 Å². The minimum Gasteiger partial charge on any atom is -0.329 e. The van der Waals surface area contributed by atoms with Gasteiger partial charge in [-0.05, 0) is 37.1 Å². The highest BCUT2D eigenvalue weighted by molar-refractivity contribution is 7.18. The zero-order valence-electron chi connectivity index (χ0n) is 13.6. The Morgan fingerprint density at radius 2 is 2.12 bits per heavy atom. The molecule has 2 aromatic carbocycles. The fourth-order valence-electron chi connectivity index (χ4n) is 3.29. The number of aromatic nitrogens is 1. The van der Waals surface area contributed by atoms with Gasteiger partial charge in [-0.25, -0.2) is 4.98 Å². The van der Waals surface area contributed by atoms with Crippen molar-refractivity contribution in [2.45, 2.75) is 18.9 Å². The largest absolute Gasteiger partial charge is 0.329 e. The fourth-order valence-corrected chi connectivity index (χ4v) is 4.57. The maximum absolute atomic E-state index is 13.0. The minimum absolute atomic E-state index is 0.0624. The summed E-state index contributed by atoms with van der Waals surface area (Å²) in [6, 6.07) is 11.8. The van der Waals surface area contributed by atoms with Gasteiger partial charge in [-0.2, -0.15) is 0 Å². The molecule has 2 heterocycles. The molecule has 1 fully saturated rings. The number of benzene rings is 2. The number of hydrogen-bond acceptors (Lipinski definition) is 5. The van der Waals surface area contributed by atoms with Gasteiger partial charge in [-0.3, -0.25) is 14.9 Å². The number of thiazole rings is 1. The number of fused-ring (bicyclic) bond motifs is 1. The van der Waals surface area contributed by atoms with Gasteiger partial charge < -0.3 is 4.90 Å². The number of halogens is 1. The average molecular weight is 388 g/mol. The van der Waals surface area contributed by atoms with Crippen LogP contribution in [0.4, 0.5) is 5.69 Å². The van der Waals surface area contributed by atoms with Gasteiger partial charge in [0.1, 0.15) is 10.6 Å². The molecule has 26 heavy (non-hydrogen) atoms. The second kappa shape index (κ2) is 6.66. The Labute approximate surface area is 158 Å². The number of hydrogen-bond donors (Lipinski definition) is 0. The first-order valence-electron chi connectivity index (χ1n) is 8.15. The maximum atomic E-state index is 13.0. The number of rotatable bonds is 3. The number of nitro groups is 1. The molecule has 4 rings (SSSR count). The Hall–Kier alpha value is -2.51. The molecule has 1 unspecified atom stereocenters. The standard InChI is InChI=1S/C18H14ClN3O3S/c19-11-7-8-12(15(10-11)22(24)25)18(23)21-9-3-5-14(21)17-20-13-4-1-2-6-16(13)26-17/h1-2,4,6-8,10,14H,3,5,9H2. The SMILES string of the molecule is O=C(c1ccc(Cl)cc1[N+](=O)[O-])N1CCCC1c1nc2ccccc2s1. The third-order valence-corrected chi connectivity index (χ3v) is 5.87. The molecule has 1 aliphatic rings. The minimum atomic E-state index is -0.568. The zero-order chi connectivity index (χ0) is 18.3. The predicted octanol–water partition coefficient (Wildman–Crippen LogP) is 4.84. The summed E-state index contributed by atoms with van der Waals surface area (Å²) in [4.78, 5) is 30.1. The number of likely N-dealkylation sites (tertiary alicyclic amines) is 1. The lowest BCUT2D eigenvalue weighted by atomic mass is 10.1. The molecule has 0 radical (unpaired) electrons. The summed E-state index contributed by atoms with van der Waals surface area (Å²) in [5.41, 5.74) is 0.703. The first-order valence-corrected chi connectivity index (χ1v) is 9.34. The van der Waals surface area contributed by atoms with E-state index >= 15 is 0 Å². The van der Waals surface area contributed by atoms with Crippen LogP contribution in [-0.4, -0.2) is 27.3 Å². The number of carbonyl (C=O) groups excluding carboxylic acids is 1. The topological polar surface area (TPSA) is 76.3 Å². The third kappa shape index (κ3) is 2.93. The first kappa shape index (κ1) is 16.9. The van der Waals surface area contributed by atoms with Crippen LogP contribution in [-0.2, 0) is 0 Å². The van der Waals surface area contributed by atoms with Gasteiger partial charge >= 0.3 is 0 Å². The summed E-state index contributed by atoms with van der Waals surface area (Å²) >= 11 is 7.42. The molecular formula is C18H14ClN3O3S. The Bertz CT molecular complexity index is 987. The lowest BCUT2D eigenvalue weighted by Crippen LogP contribution is -2.31. The van der Waals surface area contributed by atoms with Gasteiger partial charge in [-0.1, -0.05) is 23.7 Å². The molecular weight excluding hydrogens is 374 g/mol. The van der Waals surface area contributed by atoms with Gasteiger partial charge in [0.25, 0.3) is 11.6 Å². The highest BCUT2D eigenvalue weighted by atomic mass is 35.5. The Balaban J connectivity index is 1.70. The summed E-state index contributed by atoms with van der Waals surface area (Å²) < 4.78 is 1.07. The van der Waals surface area contributed by atoms with Crippen molar-refractivity contribution in [3.8, 4) is 0 Å². The van der Waals surface area contributed by atoms with E-state index in [-0.39, 0.29) is 28.2 Å². The normalized spacial score (nSPS) is 17.0. The van der Waals surface area contributed by atoms with E-state index in [0.29, 0.717) is 6.54 Å². The van der Waals surface area contributed by atoms with Crippen LogP contribution in [0.2, 0.25) is 5.02 Å². The van der Waals surface area contributed by atoms with Crippen LogP contribution in [0.5, 0.6) is 0 Å². The summed E-state index contributed by atoms with van der Waals surface area (Å²) in [6.07, 6.45) is 1.64. The molecule has 1 amide bonds. The van der Waals surface area contributed by atoms with E-state index in [2.05, 4.69) is 4.98 Å². The van der Waals surface area contributed by atoms with E-state index in [1.165, 1.54) is 18.2 Å². The number of nitrogens with zero attached hydrogens (tertiary/aromatic N) is 3. The van der Waals surface area contributed by atoms with Crippen LogP contribution in [0.25, 0.3) is 10.2 Å².